The zero-order valence-electron chi connectivity index (χ0n) is 16.9. The number of nitro groups is 1. The van der Waals surface area contributed by atoms with Crippen molar-refractivity contribution < 1.29 is 24.2 Å². The first-order valence-corrected chi connectivity index (χ1v) is 9.19. The fourth-order valence-corrected chi connectivity index (χ4v) is 3.22. The highest BCUT2D eigenvalue weighted by molar-refractivity contribution is 5.92. The number of phenols is 1. The second-order valence-corrected chi connectivity index (χ2v) is 6.25. The van der Waals surface area contributed by atoms with E-state index in [4.69, 9.17) is 14.2 Å². The summed E-state index contributed by atoms with van der Waals surface area (Å²) in [5.74, 6) is 0.816. The lowest BCUT2D eigenvalue weighted by molar-refractivity contribution is -0.386. The number of nitrogens with zero attached hydrogens (tertiary/aromatic N) is 2. The molecule has 1 N–H and O–H groups in total. The van der Waals surface area contributed by atoms with Gasteiger partial charge in [0.15, 0.2) is 17.2 Å². The van der Waals surface area contributed by atoms with Gasteiger partial charge in [0.1, 0.15) is 0 Å². The Kier molecular flexibility index (Phi) is 7.66. The molecule has 0 aliphatic rings. The molecule has 160 valence electrons. The van der Waals surface area contributed by atoms with Gasteiger partial charge in [-0.25, -0.2) is 0 Å². The Balaban J connectivity index is 0.00000320. The number of rotatable bonds is 8. The van der Waals surface area contributed by atoms with Gasteiger partial charge in [-0.15, -0.1) is 12.4 Å². The molecule has 0 aliphatic heterocycles. The maximum Gasteiger partial charge on any atom is 0.315 e. The molecule has 0 fully saturated rings. The lowest BCUT2D eigenvalue weighted by Gasteiger charge is -2.13. The number of benzene rings is 2. The number of aromatic hydroxyl groups is 1. The first kappa shape index (κ1) is 23.0. The van der Waals surface area contributed by atoms with Crippen LogP contribution >= 0.6 is 12.4 Å². The summed E-state index contributed by atoms with van der Waals surface area (Å²) in [6.45, 7) is 4.30. The third-order valence-electron chi connectivity index (χ3n) is 4.45. The fraction of sp³-hybridized carbons (Fsp3) is 0.286. The van der Waals surface area contributed by atoms with E-state index in [9.17, 15) is 15.2 Å². The molecule has 0 saturated heterocycles. The second kappa shape index (κ2) is 9.98. The summed E-state index contributed by atoms with van der Waals surface area (Å²) >= 11 is 0. The Morgan fingerprint density at radius 1 is 1.07 bits per heavy atom. The predicted molar refractivity (Wildman–Crippen MR) is 115 cm³/mol. The Hall–Kier alpha value is -3.26. The Labute approximate surface area is 180 Å². The van der Waals surface area contributed by atoms with Crippen molar-refractivity contribution in [2.75, 3.05) is 20.3 Å². The van der Waals surface area contributed by atoms with E-state index < -0.39 is 4.92 Å². The van der Waals surface area contributed by atoms with E-state index in [1.165, 1.54) is 13.2 Å². The van der Waals surface area contributed by atoms with Crippen molar-refractivity contribution in [3.8, 4) is 23.0 Å². The van der Waals surface area contributed by atoms with Crippen molar-refractivity contribution in [3.63, 3.8) is 0 Å². The topological polar surface area (TPSA) is 104 Å². The van der Waals surface area contributed by atoms with Crippen LogP contribution in [0.5, 0.6) is 23.0 Å². The van der Waals surface area contributed by atoms with Gasteiger partial charge < -0.3 is 19.3 Å². The lowest BCUT2D eigenvalue weighted by atomic mass is 9.99. The molecule has 2 aromatic carbocycles. The van der Waals surface area contributed by atoms with Crippen molar-refractivity contribution in [1.82, 2.24) is 4.98 Å². The minimum atomic E-state index is -0.488. The van der Waals surface area contributed by atoms with Crippen LogP contribution in [0.15, 0.2) is 36.7 Å². The van der Waals surface area contributed by atoms with Crippen molar-refractivity contribution in [3.05, 3.63) is 57.9 Å². The minimum Gasteiger partial charge on any atom is -0.504 e. The van der Waals surface area contributed by atoms with Crippen LogP contribution in [0.25, 0.3) is 10.8 Å². The highest BCUT2D eigenvalue weighted by Gasteiger charge is 2.22. The highest BCUT2D eigenvalue weighted by atomic mass is 35.5. The van der Waals surface area contributed by atoms with Gasteiger partial charge in [0.25, 0.3) is 0 Å². The third-order valence-corrected chi connectivity index (χ3v) is 4.45. The minimum absolute atomic E-state index is 0. The first-order chi connectivity index (χ1) is 14.0. The van der Waals surface area contributed by atoms with Gasteiger partial charge in [0, 0.05) is 23.8 Å². The van der Waals surface area contributed by atoms with E-state index in [0.717, 1.165) is 10.9 Å². The quantitative estimate of drug-likeness (QED) is 0.405. The molecule has 0 atom stereocenters. The van der Waals surface area contributed by atoms with Crippen LogP contribution in [0.3, 0.4) is 0 Å². The molecule has 1 aromatic heterocycles. The number of fused-ring (bicyclic) bond motifs is 1. The number of halogens is 1. The molecule has 9 heteroatoms. The number of ether oxygens (including phenoxy) is 3. The monoisotopic (exact) mass is 434 g/mol. The Morgan fingerprint density at radius 2 is 1.80 bits per heavy atom. The number of pyridine rings is 1. The largest absolute Gasteiger partial charge is 0.504 e. The van der Waals surface area contributed by atoms with E-state index in [2.05, 4.69) is 4.98 Å². The van der Waals surface area contributed by atoms with Crippen LogP contribution in [0, 0.1) is 10.1 Å². The molecule has 0 radical (unpaired) electrons. The average Bonchev–Trinajstić information content (AvgIpc) is 2.71. The van der Waals surface area contributed by atoms with Crippen LogP contribution in [0.2, 0.25) is 0 Å². The first-order valence-electron chi connectivity index (χ1n) is 9.19. The Morgan fingerprint density at radius 3 is 2.43 bits per heavy atom. The number of hydrogen-bond donors (Lipinski definition) is 1. The molecule has 0 spiro atoms. The number of aromatic nitrogens is 1. The zero-order valence-corrected chi connectivity index (χ0v) is 17.7. The molecule has 0 bridgehead atoms. The van der Waals surface area contributed by atoms with E-state index >= 15 is 0 Å². The summed E-state index contributed by atoms with van der Waals surface area (Å²) in [5, 5.41) is 23.4. The average molecular weight is 435 g/mol. The molecule has 3 aromatic rings. The van der Waals surface area contributed by atoms with Gasteiger partial charge in [0.2, 0.25) is 5.75 Å². The van der Waals surface area contributed by atoms with Crippen molar-refractivity contribution in [2.45, 2.75) is 20.3 Å². The summed E-state index contributed by atoms with van der Waals surface area (Å²) in [4.78, 5) is 15.3. The molecule has 1 heterocycles. The summed E-state index contributed by atoms with van der Waals surface area (Å²) < 4.78 is 16.2. The van der Waals surface area contributed by atoms with E-state index in [1.54, 1.807) is 31.5 Å². The van der Waals surface area contributed by atoms with Crippen molar-refractivity contribution in [1.29, 1.82) is 0 Å². The predicted octanol–water partition coefficient (Wildman–Crippen LogP) is 4.67. The van der Waals surface area contributed by atoms with E-state index in [0.29, 0.717) is 35.5 Å². The molecule has 0 unspecified atom stereocenters. The summed E-state index contributed by atoms with van der Waals surface area (Å²) in [5.41, 5.74) is 1.32. The lowest BCUT2D eigenvalue weighted by Crippen LogP contribution is -2.02. The second-order valence-electron chi connectivity index (χ2n) is 6.25. The van der Waals surface area contributed by atoms with Crippen LogP contribution < -0.4 is 14.2 Å². The molecule has 8 nitrogen and oxygen atoms in total. The van der Waals surface area contributed by atoms with Gasteiger partial charge in [0.05, 0.1) is 25.2 Å². The van der Waals surface area contributed by atoms with Gasteiger partial charge >= 0.3 is 5.69 Å². The zero-order chi connectivity index (χ0) is 21.0. The summed E-state index contributed by atoms with van der Waals surface area (Å²) in [7, 11) is 1.44. The molecular weight excluding hydrogens is 412 g/mol. The van der Waals surface area contributed by atoms with E-state index in [-0.39, 0.29) is 36.2 Å². The Bertz CT molecular complexity index is 1060. The van der Waals surface area contributed by atoms with Gasteiger partial charge in [-0.2, -0.15) is 0 Å². The van der Waals surface area contributed by atoms with Gasteiger partial charge in [-0.05, 0) is 48.9 Å². The van der Waals surface area contributed by atoms with Gasteiger partial charge in [-0.3, -0.25) is 15.1 Å². The number of phenolic OH excluding ortho intramolecular Hbond substituents is 1. The third kappa shape index (κ3) is 4.49. The van der Waals surface area contributed by atoms with Crippen molar-refractivity contribution >= 4 is 28.9 Å². The van der Waals surface area contributed by atoms with Crippen LogP contribution in [0.4, 0.5) is 5.69 Å². The maximum absolute atomic E-state index is 11.5. The standard InChI is InChI=1S/C21H22N2O6.ClH/c1-4-28-18-7-6-15-14(11-22-12-16(15)20(18)24)8-13-9-17(23(25)26)21(29-5-2)19(10-13)27-3;/h6-7,9-12,24H,4-5,8H2,1-3H3;1H. The van der Waals surface area contributed by atoms with Crippen LogP contribution in [0.1, 0.15) is 25.0 Å². The fourth-order valence-electron chi connectivity index (χ4n) is 3.22. The molecule has 3 rings (SSSR count). The van der Waals surface area contributed by atoms with E-state index in [1.807, 2.05) is 13.0 Å². The number of hydrogen-bond acceptors (Lipinski definition) is 7. The normalized spacial score (nSPS) is 10.4. The van der Waals surface area contributed by atoms with Crippen LogP contribution in [-0.2, 0) is 6.42 Å². The van der Waals surface area contributed by atoms with Gasteiger partial charge in [-0.1, -0.05) is 6.07 Å². The van der Waals surface area contributed by atoms with Crippen molar-refractivity contribution in [2.24, 2.45) is 0 Å². The highest BCUT2D eigenvalue weighted by Crippen LogP contribution is 2.40. The smallest absolute Gasteiger partial charge is 0.315 e. The van der Waals surface area contributed by atoms with Crippen LogP contribution in [-0.4, -0.2) is 35.3 Å². The summed E-state index contributed by atoms with van der Waals surface area (Å²) in [6.07, 6.45) is 3.61. The maximum atomic E-state index is 11.5. The summed E-state index contributed by atoms with van der Waals surface area (Å²) in [6, 6.07) is 6.73. The molecule has 0 aliphatic carbocycles. The number of methoxy groups -OCH3 is 1. The molecule has 0 amide bonds. The molecular formula is C21H23ClN2O6. The SMILES string of the molecule is CCOc1ccc2c(Cc3cc(OC)c(OCC)c([N+](=O)[O-])c3)cncc2c1O.Cl. The number of nitro benzene ring substituents is 1. The molecule has 30 heavy (non-hydrogen) atoms. The molecule has 0 saturated carbocycles.